The van der Waals surface area contributed by atoms with E-state index >= 15 is 0 Å². The molecular weight excluding hydrogens is 613 g/mol. The zero-order chi connectivity index (χ0) is 33.8. The minimum absolute atomic E-state index is 0.0537. The van der Waals surface area contributed by atoms with E-state index < -0.39 is 72.5 Å². The summed E-state index contributed by atoms with van der Waals surface area (Å²) in [6.45, 7) is 34.4. The molecule has 2 fully saturated rings. The van der Waals surface area contributed by atoms with Gasteiger partial charge in [0.1, 0.15) is 38.0 Å². The Kier molecular flexibility index (Phi) is 14.4. The van der Waals surface area contributed by atoms with Crippen molar-refractivity contribution in [1.29, 1.82) is 0 Å². The SMILES string of the molecule is CC1(C)O[C@H]([C@@H]2O[C@@H](C(C)(C)O)C[C@@H](OCOCC[Si](C)(C)C)[C@H]2OCOCC[Si](C)(C)C)[C@@H](CO[Si](C)(C)C(C)(C)C)O1. The minimum atomic E-state index is -2.06. The Morgan fingerprint density at radius 2 is 1.30 bits per heavy atom. The maximum absolute atomic E-state index is 11.1. The van der Waals surface area contributed by atoms with E-state index in [1.807, 2.05) is 13.8 Å². The number of hydrogen-bond acceptors (Lipinski definition) is 9. The molecule has 0 aliphatic carbocycles. The molecule has 12 heteroatoms. The van der Waals surface area contributed by atoms with Crippen molar-refractivity contribution in [1.82, 2.24) is 0 Å². The number of hydrogen-bond donors (Lipinski definition) is 1. The summed E-state index contributed by atoms with van der Waals surface area (Å²) < 4.78 is 51.1. The highest BCUT2D eigenvalue weighted by molar-refractivity contribution is 6.76. The highest BCUT2D eigenvalue weighted by Gasteiger charge is 2.55. The van der Waals surface area contributed by atoms with Crippen LogP contribution in [0.3, 0.4) is 0 Å². The van der Waals surface area contributed by atoms with Gasteiger partial charge >= 0.3 is 0 Å². The molecule has 2 saturated heterocycles. The molecule has 9 nitrogen and oxygen atoms in total. The van der Waals surface area contributed by atoms with Crippen LogP contribution in [0, 0.1) is 0 Å². The van der Waals surface area contributed by atoms with Crippen molar-refractivity contribution in [2.45, 2.75) is 172 Å². The lowest BCUT2D eigenvalue weighted by Gasteiger charge is -2.47. The smallest absolute Gasteiger partial charge is 0.192 e. The molecule has 0 radical (unpaired) electrons. The summed E-state index contributed by atoms with van der Waals surface area (Å²) in [5.74, 6) is -0.841. The summed E-state index contributed by atoms with van der Waals surface area (Å²) in [7, 11) is -4.54. The number of ether oxygens (including phenoxy) is 7. The molecular formula is C32H68O9Si3. The van der Waals surface area contributed by atoms with E-state index in [4.69, 9.17) is 37.6 Å². The van der Waals surface area contributed by atoms with Gasteiger partial charge in [0.05, 0.1) is 24.4 Å². The molecule has 262 valence electrons. The quantitative estimate of drug-likeness (QED) is 0.101. The molecule has 2 aliphatic rings. The average Bonchev–Trinajstić information content (AvgIpc) is 3.14. The van der Waals surface area contributed by atoms with E-state index in [0.29, 0.717) is 26.2 Å². The Morgan fingerprint density at radius 1 is 0.773 bits per heavy atom. The Hall–Kier alpha value is 0.291. The molecule has 0 amide bonds. The molecule has 0 saturated carbocycles. The molecule has 2 aliphatic heterocycles. The van der Waals surface area contributed by atoms with Crippen LogP contribution in [0.5, 0.6) is 0 Å². The summed E-state index contributed by atoms with van der Waals surface area (Å²) in [5, 5.41) is 11.2. The first-order valence-electron chi connectivity index (χ1n) is 16.6. The molecule has 0 aromatic rings. The van der Waals surface area contributed by atoms with Gasteiger partial charge in [-0.2, -0.15) is 0 Å². The molecule has 0 spiro atoms. The third-order valence-corrected chi connectivity index (χ3v) is 16.8. The van der Waals surface area contributed by atoms with E-state index in [9.17, 15) is 5.11 Å². The van der Waals surface area contributed by atoms with E-state index in [2.05, 4.69) is 73.1 Å². The van der Waals surface area contributed by atoms with E-state index in [1.165, 1.54) is 0 Å². The van der Waals surface area contributed by atoms with Gasteiger partial charge in [0.2, 0.25) is 0 Å². The molecule has 0 bridgehead atoms. The molecule has 1 N–H and O–H groups in total. The maximum Gasteiger partial charge on any atom is 0.192 e. The fourth-order valence-corrected chi connectivity index (χ4v) is 7.41. The summed E-state index contributed by atoms with van der Waals surface area (Å²) in [6.07, 6.45) is -2.50. The first-order chi connectivity index (χ1) is 19.8. The van der Waals surface area contributed by atoms with Crippen LogP contribution in [0.4, 0.5) is 0 Å². The van der Waals surface area contributed by atoms with Crippen molar-refractivity contribution < 1.29 is 42.7 Å². The summed E-state index contributed by atoms with van der Waals surface area (Å²) in [4.78, 5) is 0. The first kappa shape index (κ1) is 40.5. The van der Waals surface area contributed by atoms with Crippen LogP contribution in [0.25, 0.3) is 0 Å². The fourth-order valence-electron chi connectivity index (χ4n) is 4.88. The van der Waals surface area contributed by atoms with Crippen LogP contribution in [-0.2, 0) is 37.6 Å². The topological polar surface area (TPSA) is 94.1 Å². The zero-order valence-corrected chi connectivity index (χ0v) is 33.8. The van der Waals surface area contributed by atoms with Crippen LogP contribution >= 0.6 is 0 Å². The Balaban J connectivity index is 2.33. The van der Waals surface area contributed by atoms with E-state index in [-0.39, 0.29) is 18.6 Å². The second-order valence-electron chi connectivity index (χ2n) is 17.7. The lowest BCUT2D eigenvalue weighted by atomic mass is 9.86. The monoisotopic (exact) mass is 680 g/mol. The van der Waals surface area contributed by atoms with Gasteiger partial charge in [-0.3, -0.25) is 0 Å². The molecule has 44 heavy (non-hydrogen) atoms. The predicted octanol–water partition coefficient (Wildman–Crippen LogP) is 6.85. The summed E-state index contributed by atoms with van der Waals surface area (Å²) in [6, 6.07) is 2.11. The van der Waals surface area contributed by atoms with Gasteiger partial charge in [-0.15, -0.1) is 0 Å². The van der Waals surface area contributed by atoms with Crippen molar-refractivity contribution in [3.63, 3.8) is 0 Å². The zero-order valence-electron chi connectivity index (χ0n) is 30.8. The van der Waals surface area contributed by atoms with Gasteiger partial charge in [-0.05, 0) is 57.9 Å². The summed E-state index contributed by atoms with van der Waals surface area (Å²) >= 11 is 0. The third-order valence-electron chi connectivity index (χ3n) is 8.91. The Morgan fingerprint density at radius 3 is 1.77 bits per heavy atom. The van der Waals surface area contributed by atoms with Crippen LogP contribution in [-0.4, -0.2) is 111 Å². The lowest BCUT2D eigenvalue weighted by molar-refractivity contribution is -0.281. The van der Waals surface area contributed by atoms with Crippen LogP contribution < -0.4 is 0 Å². The third kappa shape index (κ3) is 13.4. The van der Waals surface area contributed by atoms with E-state index in [1.54, 1.807) is 13.8 Å². The van der Waals surface area contributed by atoms with E-state index in [0.717, 1.165) is 12.1 Å². The molecule has 2 heterocycles. The normalized spacial score (nSPS) is 28.9. The van der Waals surface area contributed by atoms with Crippen LogP contribution in [0.15, 0.2) is 0 Å². The summed E-state index contributed by atoms with van der Waals surface area (Å²) in [5.41, 5.74) is -1.11. The largest absolute Gasteiger partial charge is 0.414 e. The average molecular weight is 681 g/mol. The van der Waals surface area contributed by atoms with Gasteiger partial charge in [0, 0.05) is 35.8 Å². The molecule has 0 aromatic carbocycles. The number of rotatable bonds is 17. The highest BCUT2D eigenvalue weighted by atomic mass is 28.4. The highest BCUT2D eigenvalue weighted by Crippen LogP contribution is 2.41. The van der Waals surface area contributed by atoms with Gasteiger partial charge in [-0.1, -0.05) is 60.1 Å². The van der Waals surface area contributed by atoms with Crippen molar-refractivity contribution in [3.8, 4) is 0 Å². The molecule has 2 rings (SSSR count). The first-order valence-corrected chi connectivity index (χ1v) is 26.9. The second kappa shape index (κ2) is 15.7. The van der Waals surface area contributed by atoms with Gasteiger partial charge in [-0.25, -0.2) is 0 Å². The van der Waals surface area contributed by atoms with Gasteiger partial charge in [0.25, 0.3) is 0 Å². The van der Waals surface area contributed by atoms with Crippen LogP contribution in [0.2, 0.25) is 69.5 Å². The second-order valence-corrected chi connectivity index (χ2v) is 33.8. The van der Waals surface area contributed by atoms with Crippen molar-refractivity contribution in [2.24, 2.45) is 0 Å². The van der Waals surface area contributed by atoms with Crippen LogP contribution in [0.1, 0.15) is 54.9 Å². The van der Waals surface area contributed by atoms with Crippen molar-refractivity contribution in [2.75, 3.05) is 33.4 Å². The minimum Gasteiger partial charge on any atom is -0.414 e. The van der Waals surface area contributed by atoms with Gasteiger partial charge < -0.3 is 42.7 Å². The Bertz CT molecular complexity index is 859. The fraction of sp³-hybridized carbons (Fsp3) is 1.00. The lowest BCUT2D eigenvalue weighted by Crippen LogP contribution is -2.61. The molecule has 6 atom stereocenters. The van der Waals surface area contributed by atoms with Gasteiger partial charge in [0.15, 0.2) is 14.1 Å². The predicted molar refractivity (Wildman–Crippen MR) is 184 cm³/mol. The number of aliphatic hydroxyl groups is 1. The molecule has 0 unspecified atom stereocenters. The molecule has 0 aromatic heterocycles. The van der Waals surface area contributed by atoms with Crippen molar-refractivity contribution >= 4 is 24.5 Å². The maximum atomic E-state index is 11.1. The standard InChI is InChI=1S/C32H68O9Si3/c1-30(2,3)44(14,15)38-21-25-28(41-32(6,7)40-25)29-27(37-23-35-17-19-43(11,12)13)24(20-26(39-29)31(4,5)33)36-22-34-16-18-42(8,9)10/h24-29,33H,16-23H2,1-15H3/t24-,25-,26-,27-,28+,29-/m1/s1. The van der Waals surface area contributed by atoms with Crippen molar-refractivity contribution in [3.05, 3.63) is 0 Å². The Labute approximate surface area is 272 Å².